The van der Waals surface area contributed by atoms with Gasteiger partial charge in [-0.05, 0) is 18.3 Å². The first-order chi connectivity index (χ1) is 6.20. The summed E-state index contributed by atoms with van der Waals surface area (Å²) in [5.41, 5.74) is 5.72. The van der Waals surface area contributed by atoms with Gasteiger partial charge in [-0.1, -0.05) is 19.3 Å². The van der Waals surface area contributed by atoms with Crippen LogP contribution in [0.25, 0.3) is 0 Å². The van der Waals surface area contributed by atoms with E-state index in [0.717, 1.165) is 13.1 Å². The van der Waals surface area contributed by atoms with E-state index in [1.54, 1.807) is 0 Å². The Kier molecular flexibility index (Phi) is 2.28. The molecule has 1 aliphatic heterocycles. The molecule has 2 fully saturated rings. The summed E-state index contributed by atoms with van der Waals surface area (Å²) < 4.78 is 0. The molecule has 0 unspecified atom stereocenters. The first-order valence-corrected chi connectivity index (χ1v) is 5.21. The Morgan fingerprint density at radius 2 is 1.85 bits per heavy atom. The van der Waals surface area contributed by atoms with Crippen molar-refractivity contribution in [2.24, 2.45) is 11.1 Å². The van der Waals surface area contributed by atoms with Crippen molar-refractivity contribution < 1.29 is 4.79 Å². The molecule has 0 aromatic rings. The van der Waals surface area contributed by atoms with Crippen molar-refractivity contribution in [1.82, 2.24) is 4.90 Å². The van der Waals surface area contributed by atoms with Crippen molar-refractivity contribution in [2.75, 3.05) is 19.6 Å². The lowest BCUT2D eigenvalue weighted by Crippen LogP contribution is -2.58. The number of nitrogens with two attached hydrogens (primary N) is 1. The van der Waals surface area contributed by atoms with Gasteiger partial charge in [0.2, 0.25) is 5.91 Å². The zero-order valence-electron chi connectivity index (χ0n) is 8.09. The van der Waals surface area contributed by atoms with Gasteiger partial charge >= 0.3 is 0 Å². The van der Waals surface area contributed by atoms with Crippen LogP contribution in [0.1, 0.15) is 32.1 Å². The number of carbonyl (C=O) groups excluding carboxylic acids is 1. The monoisotopic (exact) mass is 182 g/mol. The SMILES string of the molecule is NC(=O)CN1CC2(CCCCC2)C1. The predicted octanol–water partition coefficient (Wildman–Crippen LogP) is 0.738. The maximum atomic E-state index is 10.7. The van der Waals surface area contributed by atoms with Gasteiger partial charge in [0.25, 0.3) is 0 Å². The summed E-state index contributed by atoms with van der Waals surface area (Å²) >= 11 is 0. The van der Waals surface area contributed by atoms with Gasteiger partial charge in [-0.15, -0.1) is 0 Å². The van der Waals surface area contributed by atoms with Crippen LogP contribution in [-0.2, 0) is 4.79 Å². The fraction of sp³-hybridized carbons (Fsp3) is 0.900. The van der Waals surface area contributed by atoms with Crippen LogP contribution in [-0.4, -0.2) is 30.4 Å². The average molecular weight is 182 g/mol. The number of hydrogen-bond acceptors (Lipinski definition) is 2. The Hall–Kier alpha value is -0.570. The van der Waals surface area contributed by atoms with Gasteiger partial charge in [-0.25, -0.2) is 0 Å². The summed E-state index contributed by atoms with van der Waals surface area (Å²) in [6.45, 7) is 2.67. The van der Waals surface area contributed by atoms with Gasteiger partial charge in [-0.2, -0.15) is 0 Å². The minimum atomic E-state index is -0.189. The molecule has 0 aromatic heterocycles. The summed E-state index contributed by atoms with van der Waals surface area (Å²) in [6.07, 6.45) is 6.89. The zero-order chi connectivity index (χ0) is 9.31. The minimum Gasteiger partial charge on any atom is -0.369 e. The molecular formula is C10H18N2O. The van der Waals surface area contributed by atoms with Crippen LogP contribution in [0.2, 0.25) is 0 Å². The molecule has 0 bridgehead atoms. The molecule has 1 spiro atoms. The lowest BCUT2D eigenvalue weighted by molar-refractivity contribution is -0.123. The molecule has 1 saturated carbocycles. The van der Waals surface area contributed by atoms with Gasteiger partial charge in [0.15, 0.2) is 0 Å². The number of amides is 1. The number of likely N-dealkylation sites (tertiary alicyclic amines) is 1. The number of nitrogens with zero attached hydrogens (tertiary/aromatic N) is 1. The van der Waals surface area contributed by atoms with Gasteiger partial charge in [0.05, 0.1) is 6.54 Å². The van der Waals surface area contributed by atoms with Crippen molar-refractivity contribution in [3.63, 3.8) is 0 Å². The second-order valence-electron chi connectivity index (χ2n) is 4.67. The molecule has 74 valence electrons. The first-order valence-electron chi connectivity index (χ1n) is 5.21. The molecule has 1 aliphatic carbocycles. The third-order valence-corrected chi connectivity index (χ3v) is 3.41. The molecule has 1 heterocycles. The molecular weight excluding hydrogens is 164 g/mol. The molecule has 0 aromatic carbocycles. The second-order valence-corrected chi connectivity index (χ2v) is 4.67. The summed E-state index contributed by atoms with van der Waals surface area (Å²) in [6, 6.07) is 0. The largest absolute Gasteiger partial charge is 0.369 e. The lowest BCUT2D eigenvalue weighted by Gasteiger charge is -2.52. The Bertz CT molecular complexity index is 201. The Morgan fingerprint density at radius 3 is 2.38 bits per heavy atom. The zero-order valence-corrected chi connectivity index (χ0v) is 8.09. The van der Waals surface area contributed by atoms with Crippen LogP contribution < -0.4 is 5.73 Å². The van der Waals surface area contributed by atoms with Crippen LogP contribution in [0.3, 0.4) is 0 Å². The fourth-order valence-electron chi connectivity index (χ4n) is 2.85. The summed E-state index contributed by atoms with van der Waals surface area (Å²) in [4.78, 5) is 12.8. The van der Waals surface area contributed by atoms with E-state index in [1.165, 1.54) is 32.1 Å². The Morgan fingerprint density at radius 1 is 1.23 bits per heavy atom. The van der Waals surface area contributed by atoms with E-state index < -0.39 is 0 Å². The Balaban J connectivity index is 1.78. The van der Waals surface area contributed by atoms with Crippen molar-refractivity contribution in [1.29, 1.82) is 0 Å². The molecule has 1 saturated heterocycles. The fourth-order valence-corrected chi connectivity index (χ4v) is 2.85. The molecule has 1 amide bonds. The van der Waals surface area contributed by atoms with Crippen LogP contribution in [0, 0.1) is 5.41 Å². The highest BCUT2D eigenvalue weighted by atomic mass is 16.1. The summed E-state index contributed by atoms with van der Waals surface area (Å²) in [7, 11) is 0. The third-order valence-electron chi connectivity index (χ3n) is 3.41. The summed E-state index contributed by atoms with van der Waals surface area (Å²) in [5, 5.41) is 0. The number of carbonyl (C=O) groups is 1. The standard InChI is InChI=1S/C10H18N2O/c11-9(13)6-12-7-10(8-12)4-2-1-3-5-10/h1-8H2,(H2,11,13). The van der Waals surface area contributed by atoms with Crippen LogP contribution in [0.15, 0.2) is 0 Å². The maximum absolute atomic E-state index is 10.7. The topological polar surface area (TPSA) is 46.3 Å². The van der Waals surface area contributed by atoms with Crippen molar-refractivity contribution >= 4 is 5.91 Å². The molecule has 2 N–H and O–H groups in total. The summed E-state index contributed by atoms with van der Waals surface area (Å²) in [5.74, 6) is -0.189. The van der Waals surface area contributed by atoms with Gasteiger partial charge in [-0.3, -0.25) is 9.69 Å². The van der Waals surface area contributed by atoms with Crippen molar-refractivity contribution in [3.05, 3.63) is 0 Å². The smallest absolute Gasteiger partial charge is 0.231 e. The number of primary amides is 1. The molecule has 3 heteroatoms. The normalized spacial score (nSPS) is 27.1. The third kappa shape index (κ3) is 1.85. The highest BCUT2D eigenvalue weighted by Gasteiger charge is 2.43. The molecule has 13 heavy (non-hydrogen) atoms. The minimum absolute atomic E-state index is 0.189. The molecule has 0 atom stereocenters. The van der Waals surface area contributed by atoms with E-state index in [2.05, 4.69) is 4.90 Å². The average Bonchev–Trinajstić information content (AvgIpc) is 2.02. The molecule has 0 radical (unpaired) electrons. The first kappa shape index (κ1) is 9.00. The van der Waals surface area contributed by atoms with Crippen LogP contribution >= 0.6 is 0 Å². The van der Waals surface area contributed by atoms with Crippen LogP contribution in [0.4, 0.5) is 0 Å². The van der Waals surface area contributed by atoms with E-state index in [9.17, 15) is 4.79 Å². The van der Waals surface area contributed by atoms with E-state index in [4.69, 9.17) is 5.73 Å². The highest BCUT2D eigenvalue weighted by Crippen LogP contribution is 2.43. The lowest BCUT2D eigenvalue weighted by atomic mass is 9.69. The van der Waals surface area contributed by atoms with E-state index in [0.29, 0.717) is 12.0 Å². The van der Waals surface area contributed by atoms with Gasteiger partial charge in [0, 0.05) is 13.1 Å². The van der Waals surface area contributed by atoms with E-state index in [-0.39, 0.29) is 5.91 Å². The second kappa shape index (κ2) is 3.29. The van der Waals surface area contributed by atoms with Gasteiger partial charge < -0.3 is 5.73 Å². The van der Waals surface area contributed by atoms with E-state index >= 15 is 0 Å². The molecule has 2 rings (SSSR count). The van der Waals surface area contributed by atoms with E-state index in [1.807, 2.05) is 0 Å². The maximum Gasteiger partial charge on any atom is 0.231 e. The highest BCUT2D eigenvalue weighted by molar-refractivity contribution is 5.76. The van der Waals surface area contributed by atoms with Gasteiger partial charge in [0.1, 0.15) is 0 Å². The number of hydrogen-bond donors (Lipinski definition) is 1. The molecule has 2 aliphatic rings. The molecule has 3 nitrogen and oxygen atoms in total. The quantitative estimate of drug-likeness (QED) is 0.684. The Labute approximate surface area is 79.3 Å². The van der Waals surface area contributed by atoms with Crippen molar-refractivity contribution in [3.8, 4) is 0 Å². The number of rotatable bonds is 2. The predicted molar refractivity (Wildman–Crippen MR) is 51.2 cm³/mol. The van der Waals surface area contributed by atoms with Crippen LogP contribution in [0.5, 0.6) is 0 Å². The van der Waals surface area contributed by atoms with Crippen molar-refractivity contribution in [2.45, 2.75) is 32.1 Å².